The second-order valence-corrected chi connectivity index (χ2v) is 6.32. The minimum Gasteiger partial charge on any atom is -0.465 e. The van der Waals surface area contributed by atoms with Gasteiger partial charge >= 0.3 is 13.6 Å². The second-order valence-electron chi connectivity index (χ2n) is 4.10. The number of carbonyl (C=O) groups is 1. The van der Waals surface area contributed by atoms with E-state index < -0.39 is 19.2 Å². The molecule has 0 amide bonds. The van der Waals surface area contributed by atoms with Crippen LogP contribution in [0.1, 0.15) is 47.0 Å². The van der Waals surface area contributed by atoms with Gasteiger partial charge in [0.2, 0.25) is 0 Å². The summed E-state index contributed by atoms with van der Waals surface area (Å²) in [5, 5.41) is 0. The van der Waals surface area contributed by atoms with Crippen LogP contribution in [0.3, 0.4) is 0 Å². The van der Waals surface area contributed by atoms with Crippen molar-refractivity contribution in [3.05, 3.63) is 12.2 Å². The van der Waals surface area contributed by atoms with Crippen molar-refractivity contribution in [1.82, 2.24) is 0 Å². The fourth-order valence-corrected chi connectivity index (χ4v) is 3.71. The van der Waals surface area contributed by atoms with Gasteiger partial charge in [-0.05, 0) is 40.0 Å². The first-order chi connectivity index (χ1) is 9.55. The number of ether oxygens (including phenoxy) is 1. The standard InChI is InChI=1S/C14H27O5P/c1-5-9-10-11-12-13(14(15)17-6-2)20(16,18-7-3)19-8-4/h9-10,13H,5-8,11-12H2,1-4H3/b10-9+. The molecule has 5 nitrogen and oxygen atoms in total. The van der Waals surface area contributed by atoms with Gasteiger partial charge < -0.3 is 13.8 Å². The summed E-state index contributed by atoms with van der Waals surface area (Å²) in [7, 11) is -3.47. The molecule has 0 aliphatic rings. The number of allylic oxidation sites excluding steroid dienone is 2. The van der Waals surface area contributed by atoms with Gasteiger partial charge in [-0.15, -0.1) is 0 Å². The van der Waals surface area contributed by atoms with Crippen LogP contribution in [0.25, 0.3) is 0 Å². The minimum absolute atomic E-state index is 0.234. The van der Waals surface area contributed by atoms with E-state index in [1.807, 2.05) is 19.1 Å². The van der Waals surface area contributed by atoms with E-state index in [-0.39, 0.29) is 19.8 Å². The smallest absolute Gasteiger partial charge is 0.344 e. The van der Waals surface area contributed by atoms with E-state index in [1.54, 1.807) is 20.8 Å². The zero-order chi connectivity index (χ0) is 15.4. The fraction of sp³-hybridized carbons (Fsp3) is 0.786. The van der Waals surface area contributed by atoms with Crippen LogP contribution in [0.15, 0.2) is 12.2 Å². The van der Waals surface area contributed by atoms with Gasteiger partial charge in [0.15, 0.2) is 5.66 Å². The Balaban J connectivity index is 4.99. The molecule has 0 fully saturated rings. The van der Waals surface area contributed by atoms with Crippen molar-refractivity contribution in [1.29, 1.82) is 0 Å². The Morgan fingerprint density at radius 1 is 1.05 bits per heavy atom. The van der Waals surface area contributed by atoms with Crippen LogP contribution in [0.4, 0.5) is 0 Å². The molecule has 1 atom stereocenters. The Kier molecular flexibility index (Phi) is 10.7. The Labute approximate surface area is 122 Å². The molecule has 0 aromatic carbocycles. The lowest BCUT2D eigenvalue weighted by atomic mass is 10.2. The highest BCUT2D eigenvalue weighted by Gasteiger charge is 2.41. The molecule has 118 valence electrons. The van der Waals surface area contributed by atoms with Gasteiger partial charge in [0, 0.05) is 0 Å². The molecule has 0 radical (unpaired) electrons. The summed E-state index contributed by atoms with van der Waals surface area (Å²) in [6, 6.07) is 0. The van der Waals surface area contributed by atoms with Crippen molar-refractivity contribution in [3.8, 4) is 0 Å². The summed E-state index contributed by atoms with van der Waals surface area (Å²) in [5.41, 5.74) is -0.858. The van der Waals surface area contributed by atoms with Gasteiger partial charge in [-0.25, -0.2) is 0 Å². The van der Waals surface area contributed by atoms with Crippen LogP contribution < -0.4 is 0 Å². The van der Waals surface area contributed by atoms with Gasteiger partial charge in [-0.3, -0.25) is 9.36 Å². The third kappa shape index (κ3) is 6.69. The zero-order valence-corrected chi connectivity index (χ0v) is 13.9. The summed E-state index contributed by atoms with van der Waals surface area (Å²) in [6.07, 6.45) is 5.94. The molecule has 0 aliphatic heterocycles. The number of hydrogen-bond donors (Lipinski definition) is 0. The molecule has 20 heavy (non-hydrogen) atoms. The van der Waals surface area contributed by atoms with E-state index in [0.717, 1.165) is 6.42 Å². The van der Waals surface area contributed by atoms with Crippen molar-refractivity contribution >= 4 is 13.6 Å². The molecule has 0 aliphatic carbocycles. The molecular formula is C14H27O5P. The van der Waals surface area contributed by atoms with E-state index in [9.17, 15) is 9.36 Å². The first kappa shape index (κ1) is 19.4. The molecule has 0 spiro atoms. The Morgan fingerprint density at radius 2 is 1.65 bits per heavy atom. The largest absolute Gasteiger partial charge is 0.465 e. The lowest BCUT2D eigenvalue weighted by Gasteiger charge is -2.24. The lowest BCUT2D eigenvalue weighted by molar-refractivity contribution is -0.143. The quantitative estimate of drug-likeness (QED) is 0.329. The molecule has 0 heterocycles. The van der Waals surface area contributed by atoms with Crippen LogP contribution in [0, 0.1) is 0 Å². The predicted molar refractivity (Wildman–Crippen MR) is 79.9 cm³/mol. The molecule has 0 N–H and O–H groups in total. The Hall–Kier alpha value is -0.640. The maximum absolute atomic E-state index is 12.7. The van der Waals surface area contributed by atoms with Crippen LogP contribution in [-0.4, -0.2) is 31.4 Å². The third-order valence-electron chi connectivity index (χ3n) is 2.57. The molecule has 0 bridgehead atoms. The molecule has 1 unspecified atom stereocenters. The van der Waals surface area contributed by atoms with Crippen molar-refractivity contribution < 1.29 is 23.1 Å². The van der Waals surface area contributed by atoms with Crippen molar-refractivity contribution in [2.24, 2.45) is 0 Å². The first-order valence-electron chi connectivity index (χ1n) is 7.26. The molecule has 0 aromatic rings. The fourth-order valence-electron chi connectivity index (χ4n) is 1.76. The van der Waals surface area contributed by atoms with E-state index in [4.69, 9.17) is 13.8 Å². The van der Waals surface area contributed by atoms with E-state index in [2.05, 4.69) is 0 Å². The van der Waals surface area contributed by atoms with Gasteiger partial charge in [-0.2, -0.15) is 0 Å². The lowest BCUT2D eigenvalue weighted by Crippen LogP contribution is -2.26. The maximum Gasteiger partial charge on any atom is 0.344 e. The number of hydrogen-bond acceptors (Lipinski definition) is 5. The number of carbonyl (C=O) groups excluding carboxylic acids is 1. The van der Waals surface area contributed by atoms with Crippen molar-refractivity contribution in [2.75, 3.05) is 19.8 Å². The molecule has 6 heteroatoms. The number of rotatable bonds is 11. The summed E-state index contributed by atoms with van der Waals surface area (Å²) in [6.45, 7) is 7.92. The van der Waals surface area contributed by atoms with Crippen LogP contribution in [0.2, 0.25) is 0 Å². The average molecular weight is 306 g/mol. The van der Waals surface area contributed by atoms with Gasteiger partial charge in [0.1, 0.15) is 0 Å². The molecule has 0 rings (SSSR count). The Bertz CT molecular complexity index is 330. The Morgan fingerprint density at radius 3 is 2.10 bits per heavy atom. The van der Waals surface area contributed by atoms with Crippen molar-refractivity contribution in [2.45, 2.75) is 52.6 Å². The van der Waals surface area contributed by atoms with E-state index in [0.29, 0.717) is 12.8 Å². The van der Waals surface area contributed by atoms with Gasteiger partial charge in [0.25, 0.3) is 0 Å². The predicted octanol–water partition coefficient (Wildman–Crippen LogP) is 3.93. The van der Waals surface area contributed by atoms with E-state index >= 15 is 0 Å². The van der Waals surface area contributed by atoms with E-state index in [1.165, 1.54) is 0 Å². The van der Waals surface area contributed by atoms with Gasteiger partial charge in [-0.1, -0.05) is 19.1 Å². The second kappa shape index (κ2) is 11.1. The SMILES string of the molecule is CC/C=C/CCC(C(=O)OCC)P(=O)(OCC)OCC. The number of esters is 1. The topological polar surface area (TPSA) is 61.8 Å². The van der Waals surface area contributed by atoms with Crippen molar-refractivity contribution in [3.63, 3.8) is 0 Å². The normalized spacial score (nSPS) is 13.6. The average Bonchev–Trinajstić information content (AvgIpc) is 2.39. The monoisotopic (exact) mass is 306 g/mol. The molecule has 0 aromatic heterocycles. The third-order valence-corrected chi connectivity index (χ3v) is 5.04. The first-order valence-corrected chi connectivity index (χ1v) is 8.87. The van der Waals surface area contributed by atoms with Crippen LogP contribution in [0.5, 0.6) is 0 Å². The van der Waals surface area contributed by atoms with Crippen LogP contribution in [-0.2, 0) is 23.1 Å². The van der Waals surface area contributed by atoms with Gasteiger partial charge in [0.05, 0.1) is 19.8 Å². The summed E-state index contributed by atoms with van der Waals surface area (Å²) in [4.78, 5) is 12.0. The summed E-state index contributed by atoms with van der Waals surface area (Å²) in [5.74, 6) is -0.511. The summed E-state index contributed by atoms with van der Waals surface area (Å²) < 4.78 is 28.3. The maximum atomic E-state index is 12.7. The van der Waals surface area contributed by atoms with Crippen LogP contribution >= 0.6 is 7.60 Å². The highest BCUT2D eigenvalue weighted by molar-refractivity contribution is 7.55. The highest BCUT2D eigenvalue weighted by Crippen LogP contribution is 2.55. The minimum atomic E-state index is -3.47. The zero-order valence-electron chi connectivity index (χ0n) is 13.0. The molecule has 0 saturated heterocycles. The highest BCUT2D eigenvalue weighted by atomic mass is 31.2. The summed E-state index contributed by atoms with van der Waals surface area (Å²) >= 11 is 0. The molecular weight excluding hydrogens is 279 g/mol. The molecule has 0 saturated carbocycles.